The van der Waals surface area contributed by atoms with Crippen LogP contribution in [0, 0.1) is 0 Å². The Bertz CT molecular complexity index is 1110. The number of carbonyl (C=O) groups is 3. The molecular weight excluding hydrogens is 430 g/mol. The van der Waals surface area contributed by atoms with Crippen LogP contribution in [0.4, 0.5) is 11.4 Å². The van der Waals surface area contributed by atoms with Crippen LogP contribution in [0.25, 0.3) is 0 Å². The second-order valence-electron chi connectivity index (χ2n) is 8.16. The van der Waals surface area contributed by atoms with E-state index in [4.69, 9.17) is 4.74 Å². The van der Waals surface area contributed by atoms with Gasteiger partial charge in [0.2, 0.25) is 0 Å². The number of amides is 1. The van der Waals surface area contributed by atoms with E-state index in [2.05, 4.69) is 39.4 Å². The molecule has 34 heavy (non-hydrogen) atoms. The van der Waals surface area contributed by atoms with Crippen molar-refractivity contribution in [2.45, 2.75) is 6.54 Å². The minimum Gasteiger partial charge on any atom is -0.452 e. The van der Waals surface area contributed by atoms with Crippen LogP contribution in [0.1, 0.15) is 26.3 Å². The minimum atomic E-state index is -0.616. The van der Waals surface area contributed by atoms with Crippen LogP contribution in [-0.2, 0) is 16.1 Å². The molecule has 4 rings (SSSR count). The van der Waals surface area contributed by atoms with Gasteiger partial charge in [-0.05, 0) is 42.0 Å². The van der Waals surface area contributed by atoms with Crippen molar-refractivity contribution in [2.75, 3.05) is 43.0 Å². The van der Waals surface area contributed by atoms with Gasteiger partial charge in [-0.25, -0.2) is 4.79 Å². The maximum atomic E-state index is 12.2. The quantitative estimate of drug-likeness (QED) is 0.411. The summed E-state index contributed by atoms with van der Waals surface area (Å²) in [7, 11) is 0. The maximum absolute atomic E-state index is 12.2. The highest BCUT2D eigenvalue weighted by Gasteiger charge is 2.17. The van der Waals surface area contributed by atoms with Crippen molar-refractivity contribution < 1.29 is 19.1 Å². The lowest BCUT2D eigenvalue weighted by atomic mass is 10.1. The zero-order valence-corrected chi connectivity index (χ0v) is 18.9. The number of nitrogens with one attached hydrogen (secondary N) is 1. The highest BCUT2D eigenvalue weighted by atomic mass is 16.5. The number of anilines is 2. The van der Waals surface area contributed by atoms with Crippen LogP contribution < -0.4 is 10.2 Å². The number of benzene rings is 3. The Morgan fingerprint density at radius 1 is 0.853 bits per heavy atom. The van der Waals surface area contributed by atoms with E-state index in [0.717, 1.165) is 38.4 Å². The Morgan fingerprint density at radius 2 is 1.53 bits per heavy atom. The van der Waals surface area contributed by atoms with Crippen molar-refractivity contribution in [1.82, 2.24) is 4.90 Å². The molecule has 1 aliphatic rings. The maximum Gasteiger partial charge on any atom is 0.338 e. The first-order valence-corrected chi connectivity index (χ1v) is 11.2. The van der Waals surface area contributed by atoms with Crippen molar-refractivity contribution in [3.8, 4) is 0 Å². The average molecular weight is 458 g/mol. The molecular formula is C27H27N3O4. The Morgan fingerprint density at radius 3 is 2.18 bits per heavy atom. The summed E-state index contributed by atoms with van der Waals surface area (Å²) in [5, 5.41) is 2.74. The van der Waals surface area contributed by atoms with Crippen LogP contribution in [0.3, 0.4) is 0 Å². The minimum absolute atomic E-state index is 0.284. The number of rotatable bonds is 8. The first-order valence-electron chi connectivity index (χ1n) is 11.2. The Hall–Kier alpha value is -3.97. The van der Waals surface area contributed by atoms with Gasteiger partial charge in [0.15, 0.2) is 6.61 Å². The van der Waals surface area contributed by atoms with Crippen molar-refractivity contribution in [3.63, 3.8) is 0 Å². The van der Waals surface area contributed by atoms with Gasteiger partial charge in [0.1, 0.15) is 6.29 Å². The third-order valence-electron chi connectivity index (χ3n) is 5.75. The van der Waals surface area contributed by atoms with Crippen molar-refractivity contribution in [2.24, 2.45) is 0 Å². The molecule has 0 atom stereocenters. The van der Waals surface area contributed by atoms with Crippen LogP contribution in [0.15, 0.2) is 78.9 Å². The monoisotopic (exact) mass is 457 g/mol. The van der Waals surface area contributed by atoms with Gasteiger partial charge in [-0.1, -0.05) is 42.5 Å². The van der Waals surface area contributed by atoms with Gasteiger partial charge >= 0.3 is 5.97 Å². The summed E-state index contributed by atoms with van der Waals surface area (Å²) >= 11 is 0. The number of hydrogen-bond acceptors (Lipinski definition) is 6. The first kappa shape index (κ1) is 23.2. The van der Waals surface area contributed by atoms with Crippen molar-refractivity contribution in [3.05, 3.63) is 95.6 Å². The third-order valence-corrected chi connectivity index (χ3v) is 5.75. The lowest BCUT2D eigenvalue weighted by molar-refractivity contribution is -0.119. The molecule has 0 bridgehead atoms. The Labute approximate surface area is 198 Å². The average Bonchev–Trinajstić information content (AvgIpc) is 2.89. The summed E-state index contributed by atoms with van der Waals surface area (Å²) in [6.45, 7) is 4.46. The van der Waals surface area contributed by atoms with Gasteiger partial charge in [0, 0.05) is 49.7 Å². The molecule has 3 aromatic carbocycles. The summed E-state index contributed by atoms with van der Waals surface area (Å²) in [6.07, 6.45) is 0.694. The summed E-state index contributed by atoms with van der Waals surface area (Å²) in [5.74, 6) is -1.03. The molecule has 0 saturated carbocycles. The molecule has 7 nitrogen and oxygen atoms in total. The molecule has 0 aliphatic carbocycles. The second kappa shape index (κ2) is 11.2. The van der Waals surface area contributed by atoms with E-state index in [1.165, 1.54) is 29.8 Å². The van der Waals surface area contributed by atoms with Crippen molar-refractivity contribution >= 4 is 29.5 Å². The number of carbonyl (C=O) groups excluding carboxylic acids is 3. The van der Waals surface area contributed by atoms with Crippen LogP contribution in [0.5, 0.6) is 0 Å². The molecule has 1 heterocycles. The molecule has 174 valence electrons. The molecule has 0 aromatic heterocycles. The molecule has 7 heteroatoms. The van der Waals surface area contributed by atoms with E-state index < -0.39 is 11.9 Å². The molecule has 0 radical (unpaired) electrons. The largest absolute Gasteiger partial charge is 0.452 e. The van der Waals surface area contributed by atoms with Gasteiger partial charge < -0.3 is 15.0 Å². The van der Waals surface area contributed by atoms with Crippen molar-refractivity contribution in [1.29, 1.82) is 0 Å². The summed E-state index contributed by atoms with van der Waals surface area (Å²) < 4.78 is 5.05. The normalized spacial score (nSPS) is 13.8. The van der Waals surface area contributed by atoms with E-state index in [0.29, 0.717) is 17.5 Å². The fourth-order valence-corrected chi connectivity index (χ4v) is 3.87. The smallest absolute Gasteiger partial charge is 0.338 e. The van der Waals surface area contributed by atoms with Gasteiger partial charge in [-0.15, -0.1) is 0 Å². The number of piperazine rings is 1. The van der Waals surface area contributed by atoms with Crippen LogP contribution in [-0.4, -0.2) is 55.8 Å². The van der Waals surface area contributed by atoms with E-state index in [-0.39, 0.29) is 12.2 Å². The predicted molar refractivity (Wildman–Crippen MR) is 131 cm³/mol. The number of hydrogen-bond donors (Lipinski definition) is 1. The molecule has 3 aromatic rings. The highest BCUT2D eigenvalue weighted by Crippen LogP contribution is 2.20. The van der Waals surface area contributed by atoms with Gasteiger partial charge in [0.05, 0.1) is 5.56 Å². The summed E-state index contributed by atoms with van der Waals surface area (Å²) in [5.41, 5.74) is 3.83. The molecule has 1 fully saturated rings. The molecule has 1 amide bonds. The van der Waals surface area contributed by atoms with Gasteiger partial charge in [-0.3, -0.25) is 14.5 Å². The molecule has 1 N–H and O–H groups in total. The highest BCUT2D eigenvalue weighted by molar-refractivity contribution is 5.95. The lowest BCUT2D eigenvalue weighted by Gasteiger charge is -2.36. The van der Waals surface area contributed by atoms with E-state index in [1.807, 2.05) is 30.3 Å². The topological polar surface area (TPSA) is 78.9 Å². The predicted octanol–water partition coefficient (Wildman–Crippen LogP) is 3.62. The lowest BCUT2D eigenvalue weighted by Crippen LogP contribution is -2.45. The number of aldehydes is 1. The van der Waals surface area contributed by atoms with E-state index in [1.54, 1.807) is 0 Å². The van der Waals surface area contributed by atoms with Crippen LogP contribution in [0.2, 0.25) is 0 Å². The fourth-order valence-electron chi connectivity index (χ4n) is 3.87. The van der Waals surface area contributed by atoms with Crippen LogP contribution >= 0.6 is 0 Å². The zero-order valence-electron chi connectivity index (χ0n) is 18.9. The van der Waals surface area contributed by atoms with E-state index in [9.17, 15) is 14.4 Å². The SMILES string of the molecule is O=Cc1ccc(C(=O)OCC(=O)Nc2ccc(N3CCN(Cc4ccccc4)CC3)cc2)cc1. The summed E-state index contributed by atoms with van der Waals surface area (Å²) in [4.78, 5) is 39.7. The Balaban J connectivity index is 1.21. The number of esters is 1. The Kier molecular flexibility index (Phi) is 7.67. The number of ether oxygens (including phenoxy) is 1. The molecule has 1 aliphatic heterocycles. The standard InChI is InChI=1S/C27H27N3O4/c31-19-22-6-8-23(9-7-22)27(33)34-20-26(32)28-24-10-12-25(13-11-24)30-16-14-29(15-17-30)18-21-4-2-1-3-5-21/h1-13,19H,14-18,20H2,(H,28,32). The van der Waals surface area contributed by atoms with Gasteiger partial charge in [0.25, 0.3) is 5.91 Å². The third kappa shape index (κ3) is 6.30. The molecule has 0 spiro atoms. The first-order chi connectivity index (χ1) is 16.6. The fraction of sp³-hybridized carbons (Fsp3) is 0.222. The molecule has 0 unspecified atom stereocenters. The summed E-state index contributed by atoms with van der Waals surface area (Å²) in [6, 6.07) is 24.2. The van der Waals surface area contributed by atoms with E-state index >= 15 is 0 Å². The molecule has 1 saturated heterocycles. The van der Waals surface area contributed by atoms with Gasteiger partial charge in [-0.2, -0.15) is 0 Å². The zero-order chi connectivity index (χ0) is 23.8. The number of nitrogens with zero attached hydrogens (tertiary/aromatic N) is 2. The second-order valence-corrected chi connectivity index (χ2v) is 8.16.